The lowest BCUT2D eigenvalue weighted by molar-refractivity contribution is -0.119. The van der Waals surface area contributed by atoms with Gasteiger partial charge in [0.25, 0.3) is 5.91 Å². The third kappa shape index (κ3) is 4.19. The van der Waals surface area contributed by atoms with Crippen molar-refractivity contribution in [3.05, 3.63) is 77.7 Å². The molecule has 2 aromatic carbocycles. The van der Waals surface area contributed by atoms with E-state index in [0.717, 1.165) is 11.1 Å². The van der Waals surface area contributed by atoms with Crippen molar-refractivity contribution in [3.63, 3.8) is 0 Å². The van der Waals surface area contributed by atoms with E-state index in [9.17, 15) is 9.59 Å². The molecule has 1 N–H and O–H groups in total. The van der Waals surface area contributed by atoms with Crippen LogP contribution in [0.4, 0.5) is 5.69 Å². The van der Waals surface area contributed by atoms with E-state index in [4.69, 9.17) is 9.15 Å². The van der Waals surface area contributed by atoms with Crippen molar-refractivity contribution < 1.29 is 18.7 Å². The summed E-state index contributed by atoms with van der Waals surface area (Å²) in [5.41, 5.74) is 3.13. The minimum atomic E-state index is -0.575. The molecule has 1 amide bonds. The third-order valence-electron chi connectivity index (χ3n) is 3.87. The molecule has 26 heavy (non-hydrogen) atoms. The van der Waals surface area contributed by atoms with E-state index in [-0.39, 0.29) is 6.61 Å². The summed E-state index contributed by atoms with van der Waals surface area (Å²) >= 11 is 0. The number of furan rings is 1. The van der Waals surface area contributed by atoms with Crippen molar-refractivity contribution in [3.8, 4) is 11.1 Å². The Bertz CT molecular complexity index is 911. The van der Waals surface area contributed by atoms with Crippen LogP contribution in [0.15, 0.2) is 65.1 Å². The van der Waals surface area contributed by atoms with Gasteiger partial charge in [0.15, 0.2) is 6.61 Å². The molecule has 0 aliphatic rings. The molecule has 0 aliphatic carbocycles. The van der Waals surface area contributed by atoms with Crippen LogP contribution in [0, 0.1) is 13.8 Å². The zero-order valence-electron chi connectivity index (χ0n) is 14.6. The molecule has 3 rings (SSSR count). The first-order valence-electron chi connectivity index (χ1n) is 8.22. The van der Waals surface area contributed by atoms with E-state index >= 15 is 0 Å². The first kappa shape index (κ1) is 17.5. The molecule has 0 aliphatic heterocycles. The van der Waals surface area contributed by atoms with Crippen molar-refractivity contribution in [2.24, 2.45) is 0 Å². The molecule has 3 aromatic rings. The molecule has 0 saturated heterocycles. The summed E-state index contributed by atoms with van der Waals surface area (Å²) in [5, 5.41) is 2.71. The molecule has 5 heteroatoms. The van der Waals surface area contributed by atoms with E-state index in [2.05, 4.69) is 5.32 Å². The number of anilines is 1. The largest absolute Gasteiger partial charge is 0.466 e. The maximum absolute atomic E-state index is 12.0. The van der Waals surface area contributed by atoms with E-state index in [1.807, 2.05) is 54.6 Å². The van der Waals surface area contributed by atoms with Crippen LogP contribution < -0.4 is 5.32 Å². The minimum Gasteiger partial charge on any atom is -0.466 e. The number of ether oxygens (including phenoxy) is 1. The summed E-state index contributed by atoms with van der Waals surface area (Å²) < 4.78 is 10.3. The van der Waals surface area contributed by atoms with E-state index in [0.29, 0.717) is 22.8 Å². The van der Waals surface area contributed by atoms with Crippen LogP contribution in [0.1, 0.15) is 21.9 Å². The summed E-state index contributed by atoms with van der Waals surface area (Å²) in [4.78, 5) is 24.0. The van der Waals surface area contributed by atoms with Crippen LogP contribution in [-0.4, -0.2) is 18.5 Å². The fourth-order valence-corrected chi connectivity index (χ4v) is 2.62. The second kappa shape index (κ2) is 7.70. The smallest absolute Gasteiger partial charge is 0.342 e. The number of nitrogens with one attached hydrogen (secondary N) is 1. The lowest BCUT2D eigenvalue weighted by atomic mass is 10.1. The highest BCUT2D eigenvalue weighted by Gasteiger charge is 2.16. The van der Waals surface area contributed by atoms with Crippen LogP contribution in [-0.2, 0) is 9.53 Å². The van der Waals surface area contributed by atoms with Gasteiger partial charge in [0, 0.05) is 5.69 Å². The zero-order valence-corrected chi connectivity index (χ0v) is 14.6. The number of rotatable bonds is 5. The maximum atomic E-state index is 12.0. The molecule has 1 heterocycles. The van der Waals surface area contributed by atoms with Crippen LogP contribution in [0.25, 0.3) is 11.1 Å². The zero-order chi connectivity index (χ0) is 18.5. The van der Waals surface area contributed by atoms with Gasteiger partial charge in [-0.05, 0) is 43.2 Å². The Labute approximate surface area is 151 Å². The average Bonchev–Trinajstić information content (AvgIpc) is 2.99. The van der Waals surface area contributed by atoms with Gasteiger partial charge in [-0.25, -0.2) is 4.79 Å². The minimum absolute atomic E-state index is 0.336. The Hall–Kier alpha value is -3.34. The van der Waals surface area contributed by atoms with Crippen molar-refractivity contribution in [1.82, 2.24) is 0 Å². The van der Waals surface area contributed by atoms with Gasteiger partial charge in [-0.1, -0.05) is 42.5 Å². The lowest BCUT2D eigenvalue weighted by Crippen LogP contribution is -2.21. The molecule has 132 valence electrons. The predicted molar refractivity (Wildman–Crippen MR) is 99.0 cm³/mol. The molecule has 5 nitrogen and oxygen atoms in total. The van der Waals surface area contributed by atoms with Crippen molar-refractivity contribution in [1.29, 1.82) is 0 Å². The van der Waals surface area contributed by atoms with Crippen LogP contribution in [0.2, 0.25) is 0 Å². The van der Waals surface area contributed by atoms with Crippen LogP contribution >= 0.6 is 0 Å². The number of hydrogen-bond donors (Lipinski definition) is 1. The second-order valence-electron chi connectivity index (χ2n) is 5.89. The lowest BCUT2D eigenvalue weighted by Gasteiger charge is -2.07. The van der Waals surface area contributed by atoms with Gasteiger partial charge in [0.2, 0.25) is 0 Å². The number of aryl methyl sites for hydroxylation is 2. The number of benzene rings is 2. The summed E-state index contributed by atoms with van der Waals surface area (Å²) in [5.74, 6) is 0.124. The molecule has 0 fully saturated rings. The second-order valence-corrected chi connectivity index (χ2v) is 5.89. The highest BCUT2D eigenvalue weighted by atomic mass is 16.5. The molecule has 0 unspecified atom stereocenters. The van der Waals surface area contributed by atoms with Crippen LogP contribution in [0.3, 0.4) is 0 Å². The van der Waals surface area contributed by atoms with Gasteiger partial charge in [-0.2, -0.15) is 0 Å². The number of amides is 1. The number of carbonyl (C=O) groups excluding carboxylic acids is 2. The first-order chi connectivity index (χ1) is 12.5. The Morgan fingerprint density at radius 2 is 1.62 bits per heavy atom. The van der Waals surface area contributed by atoms with Gasteiger partial charge in [0.05, 0.1) is 0 Å². The highest BCUT2D eigenvalue weighted by molar-refractivity contribution is 5.96. The molecule has 1 aromatic heterocycles. The predicted octanol–water partition coefficient (Wildman–Crippen LogP) is 4.36. The normalized spacial score (nSPS) is 10.4. The Balaban J connectivity index is 1.55. The summed E-state index contributed by atoms with van der Waals surface area (Å²) in [6.45, 7) is 3.07. The van der Waals surface area contributed by atoms with E-state index in [1.54, 1.807) is 19.9 Å². The number of hydrogen-bond acceptors (Lipinski definition) is 4. The molecule has 0 saturated carbocycles. The summed E-state index contributed by atoms with van der Waals surface area (Å²) in [7, 11) is 0. The van der Waals surface area contributed by atoms with E-state index < -0.39 is 11.9 Å². The Morgan fingerprint density at radius 3 is 2.23 bits per heavy atom. The van der Waals surface area contributed by atoms with Gasteiger partial charge >= 0.3 is 5.97 Å². The fourth-order valence-electron chi connectivity index (χ4n) is 2.62. The SMILES string of the molecule is Cc1cc(C(=O)OCC(=O)Nc2ccc(-c3ccccc3)cc2)c(C)o1. The molecule has 0 atom stereocenters. The standard InChI is InChI=1S/C21H19NO4/c1-14-12-19(15(2)26-14)21(24)25-13-20(23)22-18-10-8-17(9-11-18)16-6-4-3-5-7-16/h3-12H,13H2,1-2H3,(H,22,23). The number of carbonyl (C=O) groups is 2. The summed E-state index contributed by atoms with van der Waals surface area (Å²) in [6, 6.07) is 19.0. The molecule has 0 spiro atoms. The third-order valence-corrected chi connectivity index (χ3v) is 3.87. The van der Waals surface area contributed by atoms with Crippen molar-refractivity contribution in [2.45, 2.75) is 13.8 Å². The van der Waals surface area contributed by atoms with Gasteiger partial charge in [-0.15, -0.1) is 0 Å². The summed E-state index contributed by atoms with van der Waals surface area (Å²) in [6.07, 6.45) is 0. The van der Waals surface area contributed by atoms with Gasteiger partial charge in [-0.3, -0.25) is 4.79 Å². The quantitative estimate of drug-likeness (QED) is 0.695. The molecule has 0 radical (unpaired) electrons. The maximum Gasteiger partial charge on any atom is 0.342 e. The van der Waals surface area contributed by atoms with E-state index in [1.165, 1.54) is 0 Å². The Kier molecular flexibility index (Phi) is 5.17. The van der Waals surface area contributed by atoms with Gasteiger partial charge < -0.3 is 14.5 Å². The van der Waals surface area contributed by atoms with Crippen molar-refractivity contribution >= 4 is 17.6 Å². The monoisotopic (exact) mass is 349 g/mol. The first-order valence-corrected chi connectivity index (χ1v) is 8.22. The Morgan fingerprint density at radius 1 is 0.962 bits per heavy atom. The number of esters is 1. The molecule has 0 bridgehead atoms. The average molecular weight is 349 g/mol. The topological polar surface area (TPSA) is 68.5 Å². The molecular formula is C21H19NO4. The van der Waals surface area contributed by atoms with Crippen molar-refractivity contribution in [2.75, 3.05) is 11.9 Å². The highest BCUT2D eigenvalue weighted by Crippen LogP contribution is 2.21. The fraction of sp³-hybridized carbons (Fsp3) is 0.143. The van der Waals surface area contributed by atoms with Gasteiger partial charge in [0.1, 0.15) is 17.1 Å². The molecular weight excluding hydrogens is 330 g/mol. The van der Waals surface area contributed by atoms with Crippen LogP contribution in [0.5, 0.6) is 0 Å².